The van der Waals surface area contributed by atoms with Crippen molar-refractivity contribution >= 4 is 5.91 Å². The fourth-order valence-corrected chi connectivity index (χ4v) is 3.28. The summed E-state index contributed by atoms with van der Waals surface area (Å²) < 4.78 is 1.96. The summed E-state index contributed by atoms with van der Waals surface area (Å²) >= 11 is 0. The van der Waals surface area contributed by atoms with Crippen LogP contribution in [0.4, 0.5) is 0 Å². The zero-order chi connectivity index (χ0) is 16.1. The number of amides is 1. The molecule has 7 nitrogen and oxygen atoms in total. The summed E-state index contributed by atoms with van der Waals surface area (Å²) in [4.78, 5) is 12.8. The maximum Gasteiger partial charge on any atom is 0.220 e. The standard InChI is InChI=1S/C15H28N6O/c1-4-13(20-8-6-12(7-9-20)14(16)22)15-17-18-19-21(15)10-5-11(2)3/h11-13H,4-10H2,1-3H3,(H2,16,22)/p+1/t13-/m1/s1. The molecule has 1 aliphatic heterocycles. The molecule has 1 fully saturated rings. The summed E-state index contributed by atoms with van der Waals surface area (Å²) in [6.45, 7) is 9.39. The Morgan fingerprint density at radius 3 is 2.64 bits per heavy atom. The Bertz CT molecular complexity index is 478. The number of rotatable bonds is 7. The van der Waals surface area contributed by atoms with E-state index in [0.717, 1.165) is 51.1 Å². The minimum Gasteiger partial charge on any atom is -0.369 e. The number of piperidine rings is 1. The van der Waals surface area contributed by atoms with Crippen LogP contribution in [0.15, 0.2) is 0 Å². The number of carbonyl (C=O) groups excluding carboxylic acids is 1. The van der Waals surface area contributed by atoms with Crippen LogP contribution in [0.1, 0.15) is 58.3 Å². The number of primary amides is 1. The molecule has 0 unspecified atom stereocenters. The van der Waals surface area contributed by atoms with Crippen molar-refractivity contribution in [3.63, 3.8) is 0 Å². The van der Waals surface area contributed by atoms with Gasteiger partial charge in [-0.05, 0) is 22.8 Å². The van der Waals surface area contributed by atoms with Crippen molar-refractivity contribution < 1.29 is 9.69 Å². The Kier molecular flexibility index (Phi) is 5.88. The van der Waals surface area contributed by atoms with E-state index in [1.54, 1.807) is 0 Å². The van der Waals surface area contributed by atoms with E-state index in [0.29, 0.717) is 12.0 Å². The third-order valence-corrected chi connectivity index (χ3v) is 4.72. The molecule has 0 bridgehead atoms. The van der Waals surface area contributed by atoms with Crippen molar-refractivity contribution in [3.8, 4) is 0 Å². The molecule has 124 valence electrons. The predicted octanol–water partition coefficient (Wildman–Crippen LogP) is -0.0495. The molecule has 7 heteroatoms. The number of likely N-dealkylation sites (tertiary alicyclic amines) is 1. The number of aromatic nitrogens is 4. The molecule has 0 aromatic carbocycles. The van der Waals surface area contributed by atoms with Gasteiger partial charge >= 0.3 is 0 Å². The fourth-order valence-electron chi connectivity index (χ4n) is 3.28. The second kappa shape index (κ2) is 7.67. The normalized spacial score (nSPS) is 23.6. The zero-order valence-electron chi connectivity index (χ0n) is 14.0. The predicted molar refractivity (Wildman–Crippen MR) is 82.9 cm³/mol. The van der Waals surface area contributed by atoms with Gasteiger partial charge in [0.1, 0.15) is 6.04 Å². The first-order valence-corrected chi connectivity index (χ1v) is 8.42. The van der Waals surface area contributed by atoms with Crippen LogP contribution >= 0.6 is 0 Å². The molecule has 3 N–H and O–H groups in total. The van der Waals surface area contributed by atoms with Gasteiger partial charge in [-0.15, -0.1) is 5.10 Å². The highest BCUT2D eigenvalue weighted by atomic mass is 16.1. The SMILES string of the molecule is CC[C@H](c1nnnn1CCC(C)C)[NH+]1CCC(C(N)=O)CC1. The van der Waals surface area contributed by atoms with E-state index in [-0.39, 0.29) is 11.8 Å². The van der Waals surface area contributed by atoms with Crippen LogP contribution in [0, 0.1) is 11.8 Å². The van der Waals surface area contributed by atoms with Gasteiger partial charge in [-0.2, -0.15) is 0 Å². The van der Waals surface area contributed by atoms with Crippen LogP contribution in [0.2, 0.25) is 0 Å². The van der Waals surface area contributed by atoms with E-state index in [2.05, 4.69) is 36.3 Å². The van der Waals surface area contributed by atoms with Gasteiger partial charge in [0.25, 0.3) is 0 Å². The maximum atomic E-state index is 11.3. The Balaban J connectivity index is 2.03. The summed E-state index contributed by atoms with van der Waals surface area (Å²) in [5, 5.41) is 12.3. The summed E-state index contributed by atoms with van der Waals surface area (Å²) in [5.41, 5.74) is 5.42. The largest absolute Gasteiger partial charge is 0.369 e. The minimum atomic E-state index is -0.158. The summed E-state index contributed by atoms with van der Waals surface area (Å²) in [5.74, 6) is 1.50. The summed E-state index contributed by atoms with van der Waals surface area (Å²) in [7, 11) is 0. The van der Waals surface area contributed by atoms with Gasteiger partial charge in [0, 0.05) is 31.7 Å². The van der Waals surface area contributed by atoms with Crippen molar-refractivity contribution in [1.82, 2.24) is 20.2 Å². The average Bonchev–Trinajstić information content (AvgIpc) is 2.95. The molecule has 0 aliphatic carbocycles. The van der Waals surface area contributed by atoms with E-state index in [1.165, 1.54) is 4.90 Å². The molecular formula is C15H29N6O+. The Morgan fingerprint density at radius 2 is 2.09 bits per heavy atom. The third kappa shape index (κ3) is 4.03. The van der Waals surface area contributed by atoms with Gasteiger partial charge in [-0.25, -0.2) is 4.68 Å². The number of nitrogens with two attached hydrogens (primary N) is 1. The number of hydrogen-bond acceptors (Lipinski definition) is 4. The smallest absolute Gasteiger partial charge is 0.220 e. The molecule has 22 heavy (non-hydrogen) atoms. The number of nitrogens with zero attached hydrogens (tertiary/aromatic N) is 4. The Labute approximate surface area is 132 Å². The molecule has 1 atom stereocenters. The zero-order valence-corrected chi connectivity index (χ0v) is 14.0. The Morgan fingerprint density at radius 1 is 1.41 bits per heavy atom. The summed E-state index contributed by atoms with van der Waals surface area (Å²) in [6, 6.07) is 0.302. The lowest BCUT2D eigenvalue weighted by molar-refractivity contribution is -0.938. The molecule has 1 amide bonds. The van der Waals surface area contributed by atoms with Crippen molar-refractivity contribution in [3.05, 3.63) is 5.82 Å². The number of quaternary nitrogens is 1. The Hall–Kier alpha value is -1.50. The molecule has 2 heterocycles. The van der Waals surface area contributed by atoms with Crippen LogP contribution in [0.3, 0.4) is 0 Å². The van der Waals surface area contributed by atoms with Gasteiger partial charge in [-0.3, -0.25) is 4.79 Å². The fraction of sp³-hybridized carbons (Fsp3) is 0.867. The molecule has 1 aliphatic rings. The molecule has 0 radical (unpaired) electrons. The van der Waals surface area contributed by atoms with E-state index in [1.807, 2.05) is 4.68 Å². The highest BCUT2D eigenvalue weighted by Crippen LogP contribution is 2.15. The van der Waals surface area contributed by atoms with Crippen molar-refractivity contribution in [2.45, 2.75) is 59.0 Å². The average molecular weight is 309 g/mol. The van der Waals surface area contributed by atoms with Crippen LogP contribution in [0.25, 0.3) is 0 Å². The lowest BCUT2D eigenvalue weighted by atomic mass is 9.94. The monoisotopic (exact) mass is 309 g/mol. The minimum absolute atomic E-state index is 0.0400. The molecule has 0 saturated carbocycles. The van der Waals surface area contributed by atoms with Crippen LogP contribution in [-0.4, -0.2) is 39.2 Å². The van der Waals surface area contributed by atoms with Gasteiger partial charge in [-0.1, -0.05) is 20.8 Å². The second-order valence-corrected chi connectivity index (χ2v) is 6.74. The first kappa shape index (κ1) is 16.9. The van der Waals surface area contributed by atoms with E-state index in [4.69, 9.17) is 5.73 Å². The molecule has 0 spiro atoms. The lowest BCUT2D eigenvalue weighted by Crippen LogP contribution is -3.13. The second-order valence-electron chi connectivity index (χ2n) is 6.74. The van der Waals surface area contributed by atoms with Gasteiger partial charge < -0.3 is 10.6 Å². The molecule has 2 rings (SSSR count). The van der Waals surface area contributed by atoms with Crippen LogP contribution in [0.5, 0.6) is 0 Å². The lowest BCUT2D eigenvalue weighted by Gasteiger charge is -2.32. The molecule has 1 aromatic heterocycles. The summed E-state index contributed by atoms with van der Waals surface area (Å²) in [6.07, 6.45) is 3.82. The van der Waals surface area contributed by atoms with Crippen molar-refractivity contribution in [2.75, 3.05) is 13.1 Å². The highest BCUT2D eigenvalue weighted by Gasteiger charge is 2.33. The maximum absolute atomic E-state index is 11.3. The van der Waals surface area contributed by atoms with E-state index < -0.39 is 0 Å². The van der Waals surface area contributed by atoms with Crippen molar-refractivity contribution in [1.29, 1.82) is 0 Å². The third-order valence-electron chi connectivity index (χ3n) is 4.72. The van der Waals surface area contributed by atoms with Gasteiger partial charge in [0.15, 0.2) is 0 Å². The number of tetrazole rings is 1. The van der Waals surface area contributed by atoms with Crippen LogP contribution < -0.4 is 10.6 Å². The van der Waals surface area contributed by atoms with Gasteiger partial charge in [0.05, 0.1) is 13.1 Å². The number of carbonyl (C=O) groups is 1. The van der Waals surface area contributed by atoms with E-state index >= 15 is 0 Å². The number of nitrogens with one attached hydrogen (secondary N) is 1. The number of hydrogen-bond donors (Lipinski definition) is 2. The first-order chi connectivity index (χ1) is 10.5. The topological polar surface area (TPSA) is 91.1 Å². The number of aryl methyl sites for hydroxylation is 1. The molecule has 1 aromatic rings. The van der Waals surface area contributed by atoms with Crippen LogP contribution in [-0.2, 0) is 11.3 Å². The van der Waals surface area contributed by atoms with Crippen molar-refractivity contribution in [2.24, 2.45) is 17.6 Å². The molecular weight excluding hydrogens is 280 g/mol. The van der Waals surface area contributed by atoms with Gasteiger partial charge in [0.2, 0.25) is 11.7 Å². The molecule has 1 saturated heterocycles. The quantitative estimate of drug-likeness (QED) is 0.739. The van der Waals surface area contributed by atoms with E-state index in [9.17, 15) is 4.79 Å². The first-order valence-electron chi connectivity index (χ1n) is 8.42. The highest BCUT2D eigenvalue weighted by molar-refractivity contribution is 5.76.